The lowest BCUT2D eigenvalue weighted by Crippen LogP contribution is -2.48. The van der Waals surface area contributed by atoms with E-state index in [1.807, 2.05) is 29.2 Å². The van der Waals surface area contributed by atoms with E-state index in [2.05, 4.69) is 23.7 Å². The molecule has 0 N–H and O–H groups in total. The topological polar surface area (TPSA) is 45.7 Å². The Balaban J connectivity index is 1.42. The number of carbonyl (C=O) groups is 1. The van der Waals surface area contributed by atoms with E-state index in [4.69, 9.17) is 4.74 Å². The lowest BCUT2D eigenvalue weighted by atomic mass is 10.1. The van der Waals surface area contributed by atoms with Gasteiger partial charge in [0.25, 0.3) is 0 Å². The van der Waals surface area contributed by atoms with Crippen LogP contribution in [0.15, 0.2) is 24.3 Å². The number of methoxy groups -OCH3 is 1. The van der Waals surface area contributed by atoms with Crippen LogP contribution in [-0.2, 0) is 17.8 Å². The van der Waals surface area contributed by atoms with Crippen molar-refractivity contribution >= 4 is 17.2 Å². The third-order valence-corrected chi connectivity index (χ3v) is 6.00. The van der Waals surface area contributed by atoms with Gasteiger partial charge >= 0.3 is 0 Å². The Morgan fingerprint density at radius 3 is 2.42 bits per heavy atom. The minimum absolute atomic E-state index is 0.251. The number of aromatic nitrogens is 1. The molecule has 0 aliphatic carbocycles. The van der Waals surface area contributed by atoms with Crippen molar-refractivity contribution in [1.29, 1.82) is 0 Å². The summed E-state index contributed by atoms with van der Waals surface area (Å²) in [6, 6.07) is 7.95. The fourth-order valence-electron chi connectivity index (χ4n) is 3.16. The van der Waals surface area contributed by atoms with E-state index in [1.54, 1.807) is 18.4 Å². The first-order valence-electron chi connectivity index (χ1n) is 9.11. The van der Waals surface area contributed by atoms with Gasteiger partial charge in [-0.15, -0.1) is 11.3 Å². The Morgan fingerprint density at radius 1 is 1.15 bits per heavy atom. The van der Waals surface area contributed by atoms with E-state index >= 15 is 0 Å². The second-order valence-electron chi connectivity index (χ2n) is 6.75. The maximum absolute atomic E-state index is 12.5. The largest absolute Gasteiger partial charge is 0.497 e. The average Bonchev–Trinajstić information content (AvgIpc) is 2.98. The molecule has 2 heterocycles. The normalized spacial score (nSPS) is 15.3. The van der Waals surface area contributed by atoms with E-state index in [1.165, 1.54) is 15.4 Å². The van der Waals surface area contributed by atoms with Gasteiger partial charge in [-0.05, 0) is 38.0 Å². The van der Waals surface area contributed by atoms with Crippen LogP contribution in [0.3, 0.4) is 0 Å². The van der Waals surface area contributed by atoms with Crippen molar-refractivity contribution < 1.29 is 9.53 Å². The van der Waals surface area contributed by atoms with Crippen molar-refractivity contribution in [3.05, 3.63) is 45.4 Å². The number of benzene rings is 1. The minimum Gasteiger partial charge on any atom is -0.497 e. The zero-order chi connectivity index (χ0) is 18.5. The van der Waals surface area contributed by atoms with Gasteiger partial charge in [-0.25, -0.2) is 4.98 Å². The lowest BCUT2D eigenvalue weighted by molar-refractivity contribution is -0.133. The molecule has 0 atom stereocenters. The summed E-state index contributed by atoms with van der Waals surface area (Å²) in [5.41, 5.74) is 2.31. The van der Waals surface area contributed by atoms with E-state index < -0.39 is 0 Å². The van der Waals surface area contributed by atoms with Crippen LogP contribution in [0.1, 0.15) is 27.6 Å². The summed E-state index contributed by atoms with van der Waals surface area (Å²) in [6.45, 7) is 8.55. The molecule has 3 rings (SSSR count). The molecule has 1 aromatic heterocycles. The number of rotatable bonds is 6. The van der Waals surface area contributed by atoms with Gasteiger partial charge in [0.05, 0.1) is 19.3 Å². The van der Waals surface area contributed by atoms with Crippen LogP contribution >= 0.6 is 11.3 Å². The van der Waals surface area contributed by atoms with Crippen LogP contribution in [-0.4, -0.2) is 54.0 Å². The van der Waals surface area contributed by atoms with Gasteiger partial charge in [0, 0.05) is 37.5 Å². The highest BCUT2D eigenvalue weighted by Crippen LogP contribution is 2.19. The molecule has 1 fully saturated rings. The molecule has 1 aliphatic heterocycles. The molecule has 5 nitrogen and oxygen atoms in total. The van der Waals surface area contributed by atoms with E-state index in [-0.39, 0.29) is 5.91 Å². The van der Waals surface area contributed by atoms with Crippen molar-refractivity contribution in [3.63, 3.8) is 0 Å². The molecule has 2 aromatic rings. The molecule has 0 spiro atoms. The number of hydrogen-bond donors (Lipinski definition) is 0. The number of aryl methyl sites for hydroxylation is 3. The average molecular weight is 374 g/mol. The molecule has 26 heavy (non-hydrogen) atoms. The Kier molecular flexibility index (Phi) is 6.27. The van der Waals surface area contributed by atoms with Crippen LogP contribution in [0.4, 0.5) is 0 Å². The molecule has 1 amide bonds. The van der Waals surface area contributed by atoms with E-state index in [9.17, 15) is 4.79 Å². The van der Waals surface area contributed by atoms with Crippen LogP contribution in [0.5, 0.6) is 5.75 Å². The second-order valence-corrected chi connectivity index (χ2v) is 8.04. The molecule has 0 saturated carbocycles. The highest BCUT2D eigenvalue weighted by molar-refractivity contribution is 7.11. The summed E-state index contributed by atoms with van der Waals surface area (Å²) in [4.78, 5) is 22.8. The molecular formula is C20H27N3O2S. The maximum atomic E-state index is 12.5. The highest BCUT2D eigenvalue weighted by atomic mass is 32.1. The predicted octanol–water partition coefficient (Wildman–Crippen LogP) is 3.05. The van der Waals surface area contributed by atoms with Gasteiger partial charge in [0.15, 0.2) is 0 Å². The maximum Gasteiger partial charge on any atom is 0.222 e. The van der Waals surface area contributed by atoms with E-state index in [0.29, 0.717) is 6.42 Å². The Bertz CT molecular complexity index is 715. The first-order chi connectivity index (χ1) is 12.5. The molecule has 1 aliphatic rings. The van der Waals surface area contributed by atoms with Crippen LogP contribution < -0.4 is 4.74 Å². The van der Waals surface area contributed by atoms with Gasteiger partial charge in [-0.2, -0.15) is 0 Å². The van der Waals surface area contributed by atoms with Gasteiger partial charge < -0.3 is 9.64 Å². The molecule has 0 radical (unpaired) electrons. The first kappa shape index (κ1) is 18.9. The van der Waals surface area contributed by atoms with E-state index in [0.717, 1.165) is 50.6 Å². The molecular weight excluding hydrogens is 346 g/mol. The summed E-state index contributed by atoms with van der Waals surface area (Å²) in [6.07, 6.45) is 1.35. The zero-order valence-electron chi connectivity index (χ0n) is 15.8. The number of carbonyl (C=O) groups excluding carboxylic acids is 1. The smallest absolute Gasteiger partial charge is 0.222 e. The van der Waals surface area contributed by atoms with Gasteiger partial charge in [-0.3, -0.25) is 9.69 Å². The number of amides is 1. The Labute approximate surface area is 159 Å². The molecule has 0 unspecified atom stereocenters. The molecule has 0 bridgehead atoms. The monoisotopic (exact) mass is 373 g/mol. The van der Waals surface area contributed by atoms with Gasteiger partial charge in [0.1, 0.15) is 10.8 Å². The third kappa shape index (κ3) is 4.83. The summed E-state index contributed by atoms with van der Waals surface area (Å²) in [7, 11) is 1.66. The van der Waals surface area contributed by atoms with Crippen molar-refractivity contribution in [2.24, 2.45) is 0 Å². The minimum atomic E-state index is 0.251. The summed E-state index contributed by atoms with van der Waals surface area (Å²) < 4.78 is 5.17. The quantitative estimate of drug-likeness (QED) is 0.781. The SMILES string of the molecule is COc1ccc(CCC(=O)N2CCN(Cc3nc(C)c(C)s3)CC2)cc1. The number of nitrogens with zero attached hydrogens (tertiary/aromatic N) is 3. The van der Waals surface area contributed by atoms with Gasteiger partial charge in [-0.1, -0.05) is 12.1 Å². The summed E-state index contributed by atoms with van der Waals surface area (Å²) >= 11 is 1.78. The zero-order valence-corrected chi connectivity index (χ0v) is 16.6. The summed E-state index contributed by atoms with van der Waals surface area (Å²) in [5, 5.41) is 1.18. The van der Waals surface area contributed by atoms with Crippen molar-refractivity contribution in [2.45, 2.75) is 33.2 Å². The fraction of sp³-hybridized carbons (Fsp3) is 0.500. The van der Waals surface area contributed by atoms with Gasteiger partial charge in [0.2, 0.25) is 5.91 Å². The standard InChI is InChI=1S/C20H27N3O2S/c1-15-16(2)26-19(21-15)14-22-10-12-23(13-11-22)20(24)9-6-17-4-7-18(25-3)8-5-17/h4-5,7-8H,6,9-14H2,1-3H3. The molecule has 6 heteroatoms. The molecule has 1 aromatic carbocycles. The van der Waals surface area contributed by atoms with Crippen LogP contribution in [0, 0.1) is 13.8 Å². The summed E-state index contributed by atoms with van der Waals surface area (Å²) in [5.74, 6) is 1.10. The van der Waals surface area contributed by atoms with Crippen molar-refractivity contribution in [1.82, 2.24) is 14.8 Å². The third-order valence-electron chi connectivity index (χ3n) is 4.94. The van der Waals surface area contributed by atoms with Crippen molar-refractivity contribution in [3.8, 4) is 5.75 Å². The highest BCUT2D eigenvalue weighted by Gasteiger charge is 2.21. The van der Waals surface area contributed by atoms with Crippen molar-refractivity contribution in [2.75, 3.05) is 33.3 Å². The first-order valence-corrected chi connectivity index (χ1v) is 9.93. The molecule has 1 saturated heterocycles. The van der Waals surface area contributed by atoms with Crippen LogP contribution in [0.2, 0.25) is 0 Å². The number of thiazole rings is 1. The number of hydrogen-bond acceptors (Lipinski definition) is 5. The van der Waals surface area contributed by atoms with Crippen LogP contribution in [0.25, 0.3) is 0 Å². The second kappa shape index (κ2) is 8.64. The fourth-order valence-corrected chi connectivity index (χ4v) is 4.13. The number of ether oxygens (including phenoxy) is 1. The Hall–Kier alpha value is -1.92. The Morgan fingerprint density at radius 2 is 1.85 bits per heavy atom. The molecule has 140 valence electrons. The number of piperazine rings is 1. The predicted molar refractivity (Wildman–Crippen MR) is 105 cm³/mol. The lowest BCUT2D eigenvalue weighted by Gasteiger charge is -2.34.